The van der Waals surface area contributed by atoms with Crippen LogP contribution in [0.25, 0.3) is 5.65 Å². The zero-order valence-corrected chi connectivity index (χ0v) is 7.75. The van der Waals surface area contributed by atoms with Crippen LogP contribution in [0.1, 0.15) is 0 Å². The van der Waals surface area contributed by atoms with Gasteiger partial charge in [0.2, 0.25) is 5.88 Å². The van der Waals surface area contributed by atoms with Crippen LogP contribution in [0.3, 0.4) is 0 Å². The minimum atomic E-state index is -0.0253. The minimum Gasteiger partial charge on any atom is -0.492 e. The fraction of sp³-hybridized carbons (Fsp3) is 0.143. The number of thioether (sulfide) groups is 1. The van der Waals surface area contributed by atoms with Crippen LogP contribution < -0.4 is 5.73 Å². The second kappa shape index (κ2) is 2.81. The van der Waals surface area contributed by atoms with Crippen molar-refractivity contribution in [1.29, 1.82) is 0 Å². The van der Waals surface area contributed by atoms with E-state index >= 15 is 0 Å². The lowest BCUT2D eigenvalue weighted by Gasteiger charge is -2.00. The Labute approximate surface area is 78.6 Å². The molecule has 0 saturated carbocycles. The van der Waals surface area contributed by atoms with E-state index in [1.807, 2.05) is 6.26 Å². The second-order valence-electron chi connectivity index (χ2n) is 2.50. The van der Waals surface area contributed by atoms with Crippen molar-refractivity contribution in [1.82, 2.24) is 14.4 Å². The van der Waals surface area contributed by atoms with Crippen LogP contribution >= 0.6 is 11.8 Å². The van der Waals surface area contributed by atoms with E-state index in [0.29, 0.717) is 16.6 Å². The van der Waals surface area contributed by atoms with Crippen molar-refractivity contribution in [3.8, 4) is 5.88 Å². The smallest absolute Gasteiger partial charge is 0.230 e. The molecule has 0 aliphatic rings. The van der Waals surface area contributed by atoms with Gasteiger partial charge in [0.1, 0.15) is 11.5 Å². The third-order valence-corrected chi connectivity index (χ3v) is 2.26. The van der Waals surface area contributed by atoms with Crippen molar-refractivity contribution in [3.63, 3.8) is 0 Å². The van der Waals surface area contributed by atoms with Gasteiger partial charge in [0.05, 0.1) is 6.20 Å². The SMILES string of the molecule is CSc1nc(N)cc2nc(O)cn12. The Morgan fingerprint density at radius 1 is 1.54 bits per heavy atom. The molecule has 0 fully saturated rings. The molecule has 0 atom stereocenters. The maximum atomic E-state index is 9.16. The summed E-state index contributed by atoms with van der Waals surface area (Å²) in [7, 11) is 0. The van der Waals surface area contributed by atoms with Gasteiger partial charge in [-0.2, -0.15) is 4.98 Å². The van der Waals surface area contributed by atoms with E-state index in [9.17, 15) is 0 Å². The van der Waals surface area contributed by atoms with E-state index in [-0.39, 0.29) is 5.88 Å². The van der Waals surface area contributed by atoms with Gasteiger partial charge in [-0.05, 0) is 6.26 Å². The molecule has 5 nitrogen and oxygen atoms in total. The van der Waals surface area contributed by atoms with E-state index in [1.165, 1.54) is 18.0 Å². The number of fused-ring (bicyclic) bond motifs is 1. The first-order valence-corrected chi connectivity index (χ1v) is 4.82. The van der Waals surface area contributed by atoms with Crippen molar-refractivity contribution in [2.75, 3.05) is 12.0 Å². The van der Waals surface area contributed by atoms with Gasteiger partial charge >= 0.3 is 0 Å². The number of nitrogens with zero attached hydrogens (tertiary/aromatic N) is 3. The number of rotatable bonds is 1. The number of hydrogen-bond donors (Lipinski definition) is 2. The summed E-state index contributed by atoms with van der Waals surface area (Å²) < 4.78 is 1.69. The normalized spacial score (nSPS) is 10.8. The van der Waals surface area contributed by atoms with Crippen LogP contribution in [0.2, 0.25) is 0 Å². The Bertz CT molecular complexity index is 453. The highest BCUT2D eigenvalue weighted by molar-refractivity contribution is 7.98. The van der Waals surface area contributed by atoms with Crippen LogP contribution in [0.15, 0.2) is 17.4 Å². The Hall–Kier alpha value is -1.43. The van der Waals surface area contributed by atoms with Crippen LogP contribution in [0.5, 0.6) is 5.88 Å². The van der Waals surface area contributed by atoms with Crippen molar-refractivity contribution >= 4 is 23.2 Å². The molecule has 68 valence electrons. The zero-order valence-electron chi connectivity index (χ0n) is 6.93. The highest BCUT2D eigenvalue weighted by Gasteiger charge is 2.05. The third-order valence-electron chi connectivity index (χ3n) is 1.61. The fourth-order valence-corrected chi connectivity index (χ4v) is 1.65. The molecule has 0 unspecified atom stereocenters. The molecule has 0 aliphatic carbocycles. The molecule has 0 radical (unpaired) electrons. The number of imidazole rings is 1. The summed E-state index contributed by atoms with van der Waals surface area (Å²) in [6.07, 6.45) is 3.39. The molecule has 6 heteroatoms. The molecule has 0 bridgehead atoms. The van der Waals surface area contributed by atoms with Gasteiger partial charge in [0.15, 0.2) is 5.16 Å². The van der Waals surface area contributed by atoms with Gasteiger partial charge in [-0.25, -0.2) is 4.98 Å². The monoisotopic (exact) mass is 196 g/mol. The molecule has 0 aromatic carbocycles. The molecule has 2 heterocycles. The van der Waals surface area contributed by atoms with Crippen molar-refractivity contribution in [2.24, 2.45) is 0 Å². The van der Waals surface area contributed by atoms with E-state index < -0.39 is 0 Å². The average molecular weight is 196 g/mol. The van der Waals surface area contributed by atoms with E-state index in [1.54, 1.807) is 10.5 Å². The summed E-state index contributed by atoms with van der Waals surface area (Å²) >= 11 is 1.45. The Morgan fingerprint density at radius 3 is 3.00 bits per heavy atom. The van der Waals surface area contributed by atoms with E-state index in [4.69, 9.17) is 10.8 Å². The number of aromatic hydroxyl groups is 1. The van der Waals surface area contributed by atoms with E-state index in [2.05, 4.69) is 9.97 Å². The largest absolute Gasteiger partial charge is 0.492 e. The fourth-order valence-electron chi connectivity index (χ4n) is 1.11. The number of nitrogen functional groups attached to an aromatic ring is 1. The molecule has 0 aliphatic heterocycles. The lowest BCUT2D eigenvalue weighted by atomic mass is 10.6. The molecule has 2 aromatic rings. The lowest BCUT2D eigenvalue weighted by Crippen LogP contribution is -1.97. The van der Waals surface area contributed by atoms with Gasteiger partial charge in [0.25, 0.3) is 0 Å². The highest BCUT2D eigenvalue weighted by Crippen LogP contribution is 2.19. The molecule has 2 aromatic heterocycles. The summed E-state index contributed by atoms with van der Waals surface area (Å²) in [6.45, 7) is 0. The van der Waals surface area contributed by atoms with Gasteiger partial charge < -0.3 is 10.8 Å². The summed E-state index contributed by atoms with van der Waals surface area (Å²) in [5, 5.41) is 9.87. The topological polar surface area (TPSA) is 76.4 Å². The van der Waals surface area contributed by atoms with Crippen molar-refractivity contribution in [3.05, 3.63) is 12.3 Å². The Balaban J connectivity index is 2.80. The maximum absolute atomic E-state index is 9.16. The zero-order chi connectivity index (χ0) is 9.42. The molecular weight excluding hydrogens is 188 g/mol. The Morgan fingerprint density at radius 2 is 2.31 bits per heavy atom. The number of aromatic nitrogens is 3. The van der Waals surface area contributed by atoms with Crippen LogP contribution in [-0.4, -0.2) is 25.7 Å². The molecule has 0 spiro atoms. The summed E-state index contributed by atoms with van der Waals surface area (Å²) in [5.41, 5.74) is 6.16. The molecule has 3 N–H and O–H groups in total. The van der Waals surface area contributed by atoms with Crippen LogP contribution in [0, 0.1) is 0 Å². The van der Waals surface area contributed by atoms with Crippen molar-refractivity contribution < 1.29 is 5.11 Å². The summed E-state index contributed by atoms with van der Waals surface area (Å²) in [6, 6.07) is 1.61. The van der Waals surface area contributed by atoms with Gasteiger partial charge in [0, 0.05) is 6.07 Å². The highest BCUT2D eigenvalue weighted by atomic mass is 32.2. The number of anilines is 1. The lowest BCUT2D eigenvalue weighted by molar-refractivity contribution is 0.457. The summed E-state index contributed by atoms with van der Waals surface area (Å²) in [5.74, 6) is 0.380. The van der Waals surface area contributed by atoms with Gasteiger partial charge in [-0.15, -0.1) is 0 Å². The van der Waals surface area contributed by atoms with Gasteiger partial charge in [-0.1, -0.05) is 11.8 Å². The first kappa shape index (κ1) is 8.18. The number of hydrogen-bond acceptors (Lipinski definition) is 5. The number of nitrogens with two attached hydrogens (primary N) is 1. The predicted molar refractivity (Wildman–Crippen MR) is 50.8 cm³/mol. The van der Waals surface area contributed by atoms with Crippen LogP contribution in [-0.2, 0) is 0 Å². The molecule has 2 rings (SSSR count). The molecule has 13 heavy (non-hydrogen) atoms. The minimum absolute atomic E-state index is 0.0253. The van der Waals surface area contributed by atoms with E-state index in [0.717, 1.165) is 0 Å². The predicted octanol–water partition coefficient (Wildman–Crippen LogP) is 0.739. The van der Waals surface area contributed by atoms with Crippen molar-refractivity contribution in [2.45, 2.75) is 5.16 Å². The quantitative estimate of drug-likeness (QED) is 0.519. The summed E-state index contributed by atoms with van der Waals surface area (Å²) in [4.78, 5) is 7.95. The Kier molecular flexibility index (Phi) is 1.77. The van der Waals surface area contributed by atoms with Gasteiger partial charge in [-0.3, -0.25) is 4.40 Å². The van der Waals surface area contributed by atoms with Crippen LogP contribution in [0.4, 0.5) is 5.82 Å². The second-order valence-corrected chi connectivity index (χ2v) is 3.27. The first-order chi connectivity index (χ1) is 6.20. The maximum Gasteiger partial charge on any atom is 0.230 e. The molecular formula is C7H8N4OS. The molecule has 0 amide bonds. The standard InChI is InChI=1S/C7H8N4OS/c1-13-7-9-4(8)2-5-10-6(12)3-11(5)7/h2-3,12H,8H2,1H3. The third kappa shape index (κ3) is 1.29. The average Bonchev–Trinajstić information content (AvgIpc) is 2.43. The first-order valence-electron chi connectivity index (χ1n) is 3.59. The molecule has 0 saturated heterocycles.